The monoisotopic (exact) mass is 423 g/mol. The van der Waals surface area contributed by atoms with Gasteiger partial charge in [0.2, 0.25) is 20.0 Å². The second-order valence-corrected chi connectivity index (χ2v) is 10.1. The van der Waals surface area contributed by atoms with Gasteiger partial charge in [-0.1, -0.05) is 18.2 Å². The molecule has 28 heavy (non-hydrogen) atoms. The van der Waals surface area contributed by atoms with Gasteiger partial charge in [-0.15, -0.1) is 0 Å². The van der Waals surface area contributed by atoms with E-state index >= 15 is 0 Å². The van der Waals surface area contributed by atoms with Crippen LogP contribution in [0.4, 0.5) is 0 Å². The number of nitrogens with zero attached hydrogens (tertiary/aromatic N) is 1. The summed E-state index contributed by atoms with van der Waals surface area (Å²) >= 11 is 0. The van der Waals surface area contributed by atoms with Crippen molar-refractivity contribution >= 4 is 31.9 Å². The highest BCUT2D eigenvalue weighted by Gasteiger charge is 2.29. The first-order valence-corrected chi connectivity index (χ1v) is 11.0. The molecule has 0 radical (unpaired) electrons. The van der Waals surface area contributed by atoms with Crippen molar-refractivity contribution < 1.29 is 26.4 Å². The molecule has 9 nitrogen and oxygen atoms in total. The smallest absolute Gasteiger partial charge is 0.258 e. The van der Waals surface area contributed by atoms with Gasteiger partial charge in [0, 0.05) is 20.6 Å². The highest BCUT2D eigenvalue weighted by atomic mass is 32.2. The van der Waals surface area contributed by atoms with Crippen LogP contribution in [0, 0.1) is 0 Å². The van der Waals surface area contributed by atoms with E-state index in [-0.39, 0.29) is 33.0 Å². The number of benzene rings is 2. The zero-order valence-corrected chi connectivity index (χ0v) is 16.6. The van der Waals surface area contributed by atoms with Gasteiger partial charge in [0.1, 0.15) is 0 Å². The Balaban J connectivity index is 1.89. The van der Waals surface area contributed by atoms with Gasteiger partial charge in [-0.3, -0.25) is 14.9 Å². The van der Waals surface area contributed by atoms with E-state index in [2.05, 4.69) is 10.0 Å². The number of amides is 2. The second-order valence-electron chi connectivity index (χ2n) is 6.21. The zero-order valence-electron chi connectivity index (χ0n) is 15.0. The quantitative estimate of drug-likeness (QED) is 0.643. The van der Waals surface area contributed by atoms with Gasteiger partial charge in [0.15, 0.2) is 0 Å². The minimum atomic E-state index is -4.05. The van der Waals surface area contributed by atoms with Crippen LogP contribution in [0.5, 0.6) is 0 Å². The summed E-state index contributed by atoms with van der Waals surface area (Å²) in [5, 5.41) is 2.09. The molecule has 148 valence electrons. The van der Waals surface area contributed by atoms with E-state index in [0.717, 1.165) is 10.4 Å². The number of carbonyl (C=O) groups is 2. The lowest BCUT2D eigenvalue weighted by Gasteiger charge is -2.15. The van der Waals surface area contributed by atoms with Crippen LogP contribution in [-0.2, 0) is 26.6 Å². The maximum Gasteiger partial charge on any atom is 0.258 e. The van der Waals surface area contributed by atoms with Crippen molar-refractivity contribution in [3.8, 4) is 0 Å². The molecule has 0 bridgehead atoms. The van der Waals surface area contributed by atoms with Crippen molar-refractivity contribution in [2.45, 2.75) is 16.3 Å². The van der Waals surface area contributed by atoms with Crippen molar-refractivity contribution in [3.63, 3.8) is 0 Å². The first kappa shape index (κ1) is 20.1. The predicted molar refractivity (Wildman–Crippen MR) is 99.6 cm³/mol. The number of rotatable bonds is 6. The third-order valence-electron chi connectivity index (χ3n) is 4.20. The Bertz CT molecular complexity index is 1190. The molecule has 2 N–H and O–H groups in total. The minimum absolute atomic E-state index is 0.0124. The molecule has 0 spiro atoms. The van der Waals surface area contributed by atoms with Gasteiger partial charge in [0.25, 0.3) is 11.8 Å². The molecule has 2 aromatic carbocycles. The lowest BCUT2D eigenvalue weighted by atomic mass is 10.1. The van der Waals surface area contributed by atoms with Gasteiger partial charge in [0.05, 0.1) is 20.9 Å². The SMILES string of the molecule is CN(C)S(=O)(=O)c1ccccc1CNS(=O)(=O)c1ccc2c(c1)C(=O)NC2=O. The first-order valence-electron chi connectivity index (χ1n) is 8.04. The Morgan fingerprint density at radius 3 is 2.25 bits per heavy atom. The van der Waals surface area contributed by atoms with Crippen molar-refractivity contribution in [2.75, 3.05) is 14.1 Å². The Hall–Kier alpha value is -2.60. The fourth-order valence-corrected chi connectivity index (χ4v) is 4.82. The molecule has 3 rings (SSSR count). The zero-order chi connectivity index (χ0) is 20.7. The molecule has 0 saturated carbocycles. The number of fused-ring (bicyclic) bond motifs is 1. The van der Waals surface area contributed by atoms with E-state index in [9.17, 15) is 26.4 Å². The Kier molecular flexibility index (Phi) is 5.10. The molecular formula is C17H17N3O6S2. The molecule has 0 unspecified atom stereocenters. The highest BCUT2D eigenvalue weighted by molar-refractivity contribution is 7.89. The van der Waals surface area contributed by atoms with Crippen molar-refractivity contribution in [2.24, 2.45) is 0 Å². The Labute approximate surface area is 162 Å². The van der Waals surface area contributed by atoms with Gasteiger partial charge in [-0.2, -0.15) is 0 Å². The van der Waals surface area contributed by atoms with Crippen LogP contribution in [0.2, 0.25) is 0 Å². The van der Waals surface area contributed by atoms with Crippen molar-refractivity contribution in [1.82, 2.24) is 14.3 Å². The summed E-state index contributed by atoms with van der Waals surface area (Å²) in [6.07, 6.45) is 0. The molecule has 1 aliphatic heterocycles. The number of hydrogen-bond acceptors (Lipinski definition) is 6. The van der Waals surface area contributed by atoms with Crippen LogP contribution >= 0.6 is 0 Å². The lowest BCUT2D eigenvalue weighted by Crippen LogP contribution is -2.27. The fourth-order valence-electron chi connectivity index (χ4n) is 2.67. The molecular weight excluding hydrogens is 406 g/mol. The number of hydrogen-bond donors (Lipinski definition) is 2. The normalized spacial score (nSPS) is 14.2. The number of nitrogens with one attached hydrogen (secondary N) is 2. The summed E-state index contributed by atoms with van der Waals surface area (Å²) in [6, 6.07) is 9.63. The van der Waals surface area contributed by atoms with Crippen molar-refractivity contribution in [3.05, 3.63) is 59.2 Å². The second kappa shape index (κ2) is 7.09. The van der Waals surface area contributed by atoms with E-state index in [0.29, 0.717) is 0 Å². The first-order chi connectivity index (χ1) is 13.0. The molecule has 2 aromatic rings. The van der Waals surface area contributed by atoms with Crippen LogP contribution in [0.15, 0.2) is 52.3 Å². The van der Waals surface area contributed by atoms with E-state index in [1.165, 1.54) is 38.4 Å². The Morgan fingerprint density at radius 2 is 1.57 bits per heavy atom. The van der Waals surface area contributed by atoms with Gasteiger partial charge < -0.3 is 0 Å². The molecule has 2 amide bonds. The van der Waals surface area contributed by atoms with E-state index in [1.807, 2.05) is 0 Å². The van der Waals surface area contributed by atoms with Crippen LogP contribution in [-0.4, -0.2) is 47.1 Å². The molecule has 0 atom stereocenters. The predicted octanol–water partition coefficient (Wildman–Crippen LogP) is 0.299. The van der Waals surface area contributed by atoms with Crippen LogP contribution in [0.1, 0.15) is 26.3 Å². The van der Waals surface area contributed by atoms with E-state index < -0.39 is 31.9 Å². The van der Waals surface area contributed by atoms with Crippen molar-refractivity contribution in [1.29, 1.82) is 0 Å². The van der Waals surface area contributed by atoms with Crippen LogP contribution in [0.3, 0.4) is 0 Å². The summed E-state index contributed by atoms with van der Waals surface area (Å²) in [5.41, 5.74) is 0.351. The van der Waals surface area contributed by atoms with Gasteiger partial charge in [-0.05, 0) is 29.8 Å². The Morgan fingerprint density at radius 1 is 0.929 bits per heavy atom. The molecule has 0 fully saturated rings. The third-order valence-corrected chi connectivity index (χ3v) is 7.52. The standard InChI is InChI=1S/C17H17N3O6S2/c1-20(2)28(25,26)15-6-4-3-5-11(15)10-18-27(23,24)12-7-8-13-14(9-12)17(22)19-16(13)21/h3-9,18H,10H2,1-2H3,(H,19,21,22). The third kappa shape index (κ3) is 3.56. The summed E-state index contributed by atoms with van der Waals surface area (Å²) in [7, 11) is -5.04. The van der Waals surface area contributed by atoms with Gasteiger partial charge >= 0.3 is 0 Å². The summed E-state index contributed by atoms with van der Waals surface area (Å²) in [5.74, 6) is -1.25. The average Bonchev–Trinajstić information content (AvgIpc) is 2.94. The average molecular weight is 423 g/mol. The molecule has 0 saturated heterocycles. The van der Waals surface area contributed by atoms with E-state index in [1.54, 1.807) is 12.1 Å². The largest absolute Gasteiger partial charge is 0.288 e. The van der Waals surface area contributed by atoms with E-state index in [4.69, 9.17) is 0 Å². The van der Waals surface area contributed by atoms with Crippen LogP contribution < -0.4 is 10.0 Å². The maximum atomic E-state index is 12.6. The molecule has 0 aliphatic carbocycles. The topological polar surface area (TPSA) is 130 Å². The number of sulfonamides is 2. The lowest BCUT2D eigenvalue weighted by molar-refractivity contribution is 0.0879. The molecule has 11 heteroatoms. The summed E-state index contributed by atoms with van der Waals surface area (Å²) in [6.45, 7) is -0.270. The summed E-state index contributed by atoms with van der Waals surface area (Å²) < 4.78 is 53.4. The maximum absolute atomic E-state index is 12.6. The number of imide groups is 1. The fraction of sp³-hybridized carbons (Fsp3) is 0.176. The minimum Gasteiger partial charge on any atom is -0.288 e. The summed E-state index contributed by atoms with van der Waals surface area (Å²) in [4.78, 5) is 23.1. The highest BCUT2D eigenvalue weighted by Crippen LogP contribution is 2.22. The van der Waals surface area contributed by atoms with Crippen LogP contribution in [0.25, 0.3) is 0 Å². The molecule has 0 aromatic heterocycles. The van der Waals surface area contributed by atoms with Gasteiger partial charge in [-0.25, -0.2) is 25.9 Å². The number of carbonyl (C=O) groups excluding carboxylic acids is 2. The molecule has 1 aliphatic rings. The molecule has 1 heterocycles.